The van der Waals surface area contributed by atoms with Crippen molar-refractivity contribution >= 4 is 38.8 Å². The van der Waals surface area contributed by atoms with Gasteiger partial charge in [0.25, 0.3) is 0 Å². The molecule has 0 N–H and O–H groups in total. The van der Waals surface area contributed by atoms with Gasteiger partial charge < -0.3 is 9.13 Å². The Balaban J connectivity index is 1.36. The summed E-state index contributed by atoms with van der Waals surface area (Å²) in [5.74, 6) is 0. The van der Waals surface area contributed by atoms with Gasteiger partial charge in [0.15, 0.2) is 0 Å². The fourth-order valence-corrected chi connectivity index (χ4v) is 7.36. The molecule has 5 nitrogen and oxygen atoms in total. The van der Waals surface area contributed by atoms with E-state index < -0.39 is 0 Å². The number of nitriles is 3. The number of rotatable bonds is 5. The van der Waals surface area contributed by atoms with Crippen molar-refractivity contribution in [1.29, 1.82) is 15.8 Å². The summed E-state index contributed by atoms with van der Waals surface area (Å²) in [6.45, 7) is 4.16. The van der Waals surface area contributed by atoms with Crippen molar-refractivity contribution in [3.63, 3.8) is 0 Å². The van der Waals surface area contributed by atoms with Crippen LogP contribution in [0.3, 0.4) is 0 Å². The Labute approximate surface area is 290 Å². The average molecular weight is 640 g/mol. The summed E-state index contributed by atoms with van der Waals surface area (Å²) in [4.78, 5) is 0. The van der Waals surface area contributed by atoms with Crippen LogP contribution in [0.2, 0.25) is 0 Å². The molecule has 0 spiro atoms. The monoisotopic (exact) mass is 639 g/mol. The van der Waals surface area contributed by atoms with E-state index in [2.05, 4.69) is 107 Å². The number of nitrogens with zero attached hydrogens (tertiary/aromatic N) is 5. The molecule has 0 saturated heterocycles. The average Bonchev–Trinajstić information content (AvgIpc) is 3.65. The number of benzene rings is 6. The van der Waals surface area contributed by atoms with Gasteiger partial charge in [0, 0.05) is 44.2 Å². The molecule has 0 aliphatic carbocycles. The first-order valence-electron chi connectivity index (χ1n) is 16.4. The molecule has 50 heavy (non-hydrogen) atoms. The molecule has 0 fully saturated rings. The Morgan fingerprint density at radius 3 is 2.04 bits per heavy atom. The lowest BCUT2D eigenvalue weighted by molar-refractivity contribution is 1.05. The van der Waals surface area contributed by atoms with E-state index in [1.54, 1.807) is 0 Å². The summed E-state index contributed by atoms with van der Waals surface area (Å²) in [5, 5.41) is 33.7. The summed E-state index contributed by atoms with van der Waals surface area (Å²) < 4.78 is 4.47. The predicted molar refractivity (Wildman–Crippen MR) is 202 cm³/mol. The second-order valence-corrected chi connectivity index (χ2v) is 12.3. The molecular formula is C45H29N5. The smallest absolute Gasteiger partial charge is 0.101 e. The van der Waals surface area contributed by atoms with Crippen molar-refractivity contribution in [1.82, 2.24) is 9.13 Å². The molecule has 2 heterocycles. The van der Waals surface area contributed by atoms with Crippen molar-refractivity contribution in [2.24, 2.45) is 0 Å². The highest BCUT2D eigenvalue weighted by molar-refractivity contribution is 6.10. The van der Waals surface area contributed by atoms with Gasteiger partial charge in [0.1, 0.15) is 12.1 Å². The zero-order valence-electron chi connectivity index (χ0n) is 27.5. The zero-order valence-corrected chi connectivity index (χ0v) is 27.5. The lowest BCUT2D eigenvalue weighted by Gasteiger charge is -2.17. The molecule has 0 saturated carbocycles. The molecule has 2 aromatic heterocycles. The maximum absolute atomic E-state index is 10.4. The van der Waals surface area contributed by atoms with Crippen molar-refractivity contribution in [2.75, 3.05) is 0 Å². The highest BCUT2D eigenvalue weighted by Crippen LogP contribution is 2.40. The maximum atomic E-state index is 10.4. The van der Waals surface area contributed by atoms with E-state index >= 15 is 0 Å². The normalized spacial score (nSPS) is 11.3. The minimum absolute atomic E-state index is 0.319. The molecule has 234 valence electrons. The van der Waals surface area contributed by atoms with Crippen LogP contribution in [0, 0.1) is 40.9 Å². The largest absolute Gasteiger partial charge is 0.313 e. The number of hydrogen-bond acceptors (Lipinski definition) is 3. The van der Waals surface area contributed by atoms with E-state index in [4.69, 9.17) is 0 Å². The summed E-state index contributed by atoms with van der Waals surface area (Å²) in [7, 11) is 0. The summed E-state index contributed by atoms with van der Waals surface area (Å²) in [6.07, 6.45) is 4.20. The molecule has 0 bridgehead atoms. The minimum atomic E-state index is 0.319. The molecule has 0 unspecified atom stereocenters. The first kappa shape index (κ1) is 30.2. The number of allylic oxidation sites excluding steroid dienone is 1. The second-order valence-electron chi connectivity index (χ2n) is 12.3. The molecule has 0 atom stereocenters. The number of fused-ring (bicyclic) bond motifs is 4. The van der Waals surface area contributed by atoms with Gasteiger partial charge in [-0.25, -0.2) is 0 Å². The SMILES string of the molecule is C/C=C\c1c(C)n(-c2cccc(-c3cc(-c4ccccc4-n4c5ccccc5c5cc(C#N)ccc54)cc(C#N)c3C#N)c2)c2ccccc12. The third-order valence-corrected chi connectivity index (χ3v) is 9.54. The Kier molecular flexibility index (Phi) is 7.34. The van der Waals surface area contributed by atoms with Crippen molar-refractivity contribution in [3.05, 3.63) is 161 Å². The molecule has 0 aliphatic rings. The van der Waals surface area contributed by atoms with Crippen LogP contribution >= 0.6 is 0 Å². The fraction of sp³-hybridized carbons (Fsp3) is 0.0444. The summed E-state index contributed by atoms with van der Waals surface area (Å²) >= 11 is 0. The first-order chi connectivity index (χ1) is 24.6. The highest BCUT2D eigenvalue weighted by Gasteiger charge is 2.20. The lowest BCUT2D eigenvalue weighted by Crippen LogP contribution is -2.00. The van der Waals surface area contributed by atoms with E-state index in [9.17, 15) is 15.8 Å². The molecule has 0 amide bonds. The van der Waals surface area contributed by atoms with E-state index in [-0.39, 0.29) is 0 Å². The van der Waals surface area contributed by atoms with Gasteiger partial charge >= 0.3 is 0 Å². The van der Waals surface area contributed by atoms with Crippen molar-refractivity contribution in [3.8, 4) is 51.8 Å². The zero-order chi connectivity index (χ0) is 34.4. The molecule has 5 heteroatoms. The third-order valence-electron chi connectivity index (χ3n) is 9.54. The molecule has 0 radical (unpaired) electrons. The van der Waals surface area contributed by atoms with Gasteiger partial charge in [-0.05, 0) is 85.6 Å². The van der Waals surface area contributed by atoms with Crippen LogP contribution in [0.4, 0.5) is 0 Å². The van der Waals surface area contributed by atoms with Gasteiger partial charge in [-0.1, -0.05) is 78.9 Å². The van der Waals surface area contributed by atoms with E-state index in [1.807, 2.05) is 73.7 Å². The lowest BCUT2D eigenvalue weighted by atomic mass is 9.90. The van der Waals surface area contributed by atoms with E-state index in [1.165, 1.54) is 10.9 Å². The van der Waals surface area contributed by atoms with E-state index in [0.717, 1.165) is 61.1 Å². The number of hydrogen-bond donors (Lipinski definition) is 0. The van der Waals surface area contributed by atoms with Crippen molar-refractivity contribution in [2.45, 2.75) is 13.8 Å². The van der Waals surface area contributed by atoms with Crippen LogP contribution in [0.25, 0.3) is 72.4 Å². The van der Waals surface area contributed by atoms with Crippen LogP contribution in [0.5, 0.6) is 0 Å². The Bertz CT molecular complexity index is 2820. The molecular weight excluding hydrogens is 611 g/mol. The third kappa shape index (κ3) is 4.68. The van der Waals surface area contributed by atoms with Crippen LogP contribution in [0.1, 0.15) is 34.9 Å². The van der Waals surface area contributed by atoms with Crippen LogP contribution in [0.15, 0.2) is 133 Å². The van der Waals surface area contributed by atoms with Gasteiger partial charge in [0.05, 0.1) is 45.0 Å². The Hall–Kier alpha value is -7.13. The maximum Gasteiger partial charge on any atom is 0.101 e. The predicted octanol–water partition coefficient (Wildman–Crippen LogP) is 11.0. The van der Waals surface area contributed by atoms with E-state index in [0.29, 0.717) is 22.3 Å². The fourth-order valence-electron chi connectivity index (χ4n) is 7.36. The molecule has 0 aliphatic heterocycles. The summed E-state index contributed by atoms with van der Waals surface area (Å²) in [6, 6.07) is 49.5. The Morgan fingerprint density at radius 2 is 1.28 bits per heavy atom. The Morgan fingerprint density at radius 1 is 0.560 bits per heavy atom. The van der Waals surface area contributed by atoms with Crippen LogP contribution in [-0.4, -0.2) is 9.13 Å². The summed E-state index contributed by atoms with van der Waals surface area (Å²) in [5.41, 5.74) is 11.8. The molecule has 8 rings (SSSR count). The topological polar surface area (TPSA) is 81.2 Å². The molecule has 8 aromatic rings. The van der Waals surface area contributed by atoms with Gasteiger partial charge in [-0.3, -0.25) is 0 Å². The number of para-hydroxylation sites is 3. The number of aromatic nitrogens is 2. The molecule has 6 aromatic carbocycles. The first-order valence-corrected chi connectivity index (χ1v) is 16.4. The second kappa shape index (κ2) is 12.1. The van der Waals surface area contributed by atoms with Crippen LogP contribution in [-0.2, 0) is 0 Å². The van der Waals surface area contributed by atoms with Crippen molar-refractivity contribution < 1.29 is 0 Å². The van der Waals surface area contributed by atoms with Crippen LogP contribution < -0.4 is 0 Å². The quantitative estimate of drug-likeness (QED) is 0.188. The van der Waals surface area contributed by atoms with Gasteiger partial charge in [0.2, 0.25) is 0 Å². The minimum Gasteiger partial charge on any atom is -0.313 e. The van der Waals surface area contributed by atoms with Gasteiger partial charge in [-0.2, -0.15) is 15.8 Å². The standard InChI is InChI=1S/C45H29N5/c1-3-11-35-29(2)49(43-18-8-5-15-37(35)43)34-13-10-12-31(24-34)39-25-32(23-33(27-47)41(39)28-48)36-14-4-7-17-42(36)50-44-19-9-6-16-38(44)40-22-30(26-46)20-21-45(40)50/h3-25H,1-2H3/b11-3-. The highest BCUT2D eigenvalue weighted by atomic mass is 15.0. The van der Waals surface area contributed by atoms with Gasteiger partial charge in [-0.15, -0.1) is 0 Å².